The van der Waals surface area contributed by atoms with Crippen LogP contribution >= 0.6 is 0 Å². The zero-order valence-corrected chi connectivity index (χ0v) is 17.0. The molecule has 5 nitrogen and oxygen atoms in total. The lowest BCUT2D eigenvalue weighted by Gasteiger charge is -2.20. The van der Waals surface area contributed by atoms with E-state index in [1.165, 1.54) is 17.9 Å². The van der Waals surface area contributed by atoms with Gasteiger partial charge in [0.2, 0.25) is 5.43 Å². The van der Waals surface area contributed by atoms with E-state index in [4.69, 9.17) is 9.15 Å². The fourth-order valence-corrected chi connectivity index (χ4v) is 3.69. The fourth-order valence-electron chi connectivity index (χ4n) is 3.69. The van der Waals surface area contributed by atoms with Crippen LogP contribution in [0, 0.1) is 0 Å². The van der Waals surface area contributed by atoms with Crippen molar-refractivity contribution in [2.75, 3.05) is 14.2 Å². The summed E-state index contributed by atoms with van der Waals surface area (Å²) in [5, 5.41) is 13.0. The highest BCUT2D eigenvalue weighted by molar-refractivity contribution is 5.85. The van der Waals surface area contributed by atoms with Gasteiger partial charge in [-0.1, -0.05) is 54.3 Å². The second-order valence-corrected chi connectivity index (χ2v) is 7.42. The maximum atomic E-state index is 13.1. The molecule has 0 saturated heterocycles. The first-order valence-corrected chi connectivity index (χ1v) is 9.81. The molecule has 30 heavy (non-hydrogen) atoms. The van der Waals surface area contributed by atoms with Crippen molar-refractivity contribution in [3.05, 3.63) is 94.3 Å². The Morgan fingerprint density at radius 1 is 0.967 bits per heavy atom. The van der Waals surface area contributed by atoms with Gasteiger partial charge in [0.1, 0.15) is 30.7 Å². The van der Waals surface area contributed by atoms with Crippen molar-refractivity contribution in [1.29, 1.82) is 0 Å². The third-order valence-electron chi connectivity index (χ3n) is 5.23. The lowest BCUT2D eigenvalue weighted by Crippen LogP contribution is -3.06. The molecule has 0 saturated carbocycles. The quantitative estimate of drug-likeness (QED) is 0.540. The number of hydrogen-bond donors (Lipinski definition) is 1. The molecular weight excluding hydrogens is 378 g/mol. The average molecular weight is 401 g/mol. The standard InChI is InChI=1S/C25H23NO4/c1-26(14-17-6-4-3-5-7-17)15-21-23(27)13-12-20-24(28)22(16-30-25(20)21)18-8-10-19(29-2)11-9-18/h3-13,16,27H,14-15H2,1-2H3. The molecule has 1 N–H and O–H groups in total. The van der Waals surface area contributed by atoms with Crippen LogP contribution in [-0.4, -0.2) is 14.2 Å². The molecule has 1 aromatic heterocycles. The van der Waals surface area contributed by atoms with Crippen LogP contribution in [0.25, 0.3) is 22.1 Å². The zero-order chi connectivity index (χ0) is 21.1. The highest BCUT2D eigenvalue weighted by atomic mass is 16.5. The van der Waals surface area contributed by atoms with Crippen LogP contribution < -0.4 is 20.2 Å². The number of rotatable bonds is 6. The summed E-state index contributed by atoms with van der Waals surface area (Å²) < 4.78 is 11.0. The number of ether oxygens (including phenoxy) is 1. The summed E-state index contributed by atoms with van der Waals surface area (Å²) in [4.78, 5) is 14.3. The van der Waals surface area contributed by atoms with E-state index in [0.717, 1.165) is 17.0 Å². The molecule has 5 heteroatoms. The van der Waals surface area contributed by atoms with Crippen LogP contribution in [0.2, 0.25) is 0 Å². The Labute approximate surface area is 174 Å². The molecule has 0 radical (unpaired) electrons. The minimum atomic E-state index is -0.150. The van der Waals surface area contributed by atoms with E-state index < -0.39 is 0 Å². The van der Waals surface area contributed by atoms with Crippen molar-refractivity contribution in [1.82, 2.24) is 0 Å². The molecule has 4 aromatic rings. The van der Waals surface area contributed by atoms with Gasteiger partial charge < -0.3 is 19.2 Å². The second-order valence-electron chi connectivity index (χ2n) is 7.42. The predicted molar refractivity (Wildman–Crippen MR) is 115 cm³/mol. The predicted octanol–water partition coefficient (Wildman–Crippen LogP) is 2.76. The van der Waals surface area contributed by atoms with Crippen LogP contribution in [0.3, 0.4) is 0 Å². The van der Waals surface area contributed by atoms with Crippen molar-refractivity contribution in [3.63, 3.8) is 0 Å². The Bertz CT molecular complexity index is 1210. The SMILES string of the molecule is COc1ccc(-c2coc3c(C[NH+](C)Cc4ccccc4)c([O-])ccc3c2=O)cc1. The van der Waals surface area contributed by atoms with Gasteiger partial charge >= 0.3 is 0 Å². The average Bonchev–Trinajstić information content (AvgIpc) is 2.77. The van der Waals surface area contributed by atoms with Crippen LogP contribution in [0.15, 0.2) is 82.2 Å². The largest absolute Gasteiger partial charge is 0.872 e. The maximum absolute atomic E-state index is 13.1. The monoisotopic (exact) mass is 401 g/mol. The van der Waals surface area contributed by atoms with E-state index in [1.807, 2.05) is 37.4 Å². The normalized spacial score (nSPS) is 12.1. The molecule has 0 bridgehead atoms. The molecule has 1 heterocycles. The Balaban J connectivity index is 1.69. The summed E-state index contributed by atoms with van der Waals surface area (Å²) in [6, 6.07) is 20.4. The van der Waals surface area contributed by atoms with Crippen LogP contribution in [0.5, 0.6) is 11.5 Å². The first-order chi connectivity index (χ1) is 14.6. The molecule has 0 aliphatic heterocycles. The topological polar surface area (TPSA) is 66.9 Å². The molecule has 3 aromatic carbocycles. The van der Waals surface area contributed by atoms with Crippen LogP contribution in [-0.2, 0) is 13.1 Å². The third kappa shape index (κ3) is 3.93. The number of hydrogen-bond acceptors (Lipinski definition) is 4. The highest BCUT2D eigenvalue weighted by Gasteiger charge is 2.15. The number of fused-ring (bicyclic) bond motifs is 1. The Morgan fingerprint density at radius 3 is 2.40 bits per heavy atom. The van der Waals surface area contributed by atoms with Gasteiger partial charge in [-0.05, 0) is 23.8 Å². The lowest BCUT2D eigenvalue weighted by atomic mass is 10.0. The van der Waals surface area contributed by atoms with E-state index in [9.17, 15) is 9.90 Å². The van der Waals surface area contributed by atoms with Gasteiger partial charge in [0, 0.05) is 11.1 Å². The summed E-state index contributed by atoms with van der Waals surface area (Å²) in [5.41, 5.74) is 3.14. The van der Waals surface area contributed by atoms with Crippen molar-refractivity contribution in [2.45, 2.75) is 13.1 Å². The fraction of sp³-hybridized carbons (Fsp3) is 0.160. The van der Waals surface area contributed by atoms with E-state index in [1.54, 1.807) is 25.3 Å². The van der Waals surface area contributed by atoms with Gasteiger partial charge in [0.15, 0.2) is 0 Å². The smallest absolute Gasteiger partial charge is 0.200 e. The summed E-state index contributed by atoms with van der Waals surface area (Å²) in [7, 11) is 3.62. The molecular formula is C25H23NO4. The first-order valence-electron chi connectivity index (χ1n) is 9.81. The van der Waals surface area contributed by atoms with E-state index in [-0.39, 0.29) is 11.2 Å². The van der Waals surface area contributed by atoms with Crippen molar-refractivity contribution in [2.24, 2.45) is 0 Å². The maximum Gasteiger partial charge on any atom is 0.200 e. The van der Waals surface area contributed by atoms with Gasteiger partial charge in [-0.3, -0.25) is 4.79 Å². The number of methoxy groups -OCH3 is 1. The van der Waals surface area contributed by atoms with Crippen LogP contribution in [0.4, 0.5) is 0 Å². The highest BCUT2D eigenvalue weighted by Crippen LogP contribution is 2.27. The van der Waals surface area contributed by atoms with Gasteiger partial charge in [0.25, 0.3) is 0 Å². The molecule has 0 fully saturated rings. The molecule has 1 unspecified atom stereocenters. The van der Waals surface area contributed by atoms with E-state index in [2.05, 4.69) is 12.1 Å². The van der Waals surface area contributed by atoms with Gasteiger partial charge in [-0.15, -0.1) is 0 Å². The number of nitrogens with one attached hydrogen (secondary N) is 1. The molecule has 1 atom stereocenters. The zero-order valence-electron chi connectivity index (χ0n) is 17.0. The molecule has 4 rings (SSSR count). The van der Waals surface area contributed by atoms with Gasteiger partial charge in [0.05, 0.1) is 25.1 Å². The molecule has 0 aliphatic rings. The summed E-state index contributed by atoms with van der Waals surface area (Å²) >= 11 is 0. The van der Waals surface area contributed by atoms with Gasteiger partial charge in [-0.25, -0.2) is 0 Å². The Morgan fingerprint density at radius 2 is 1.70 bits per heavy atom. The number of benzene rings is 3. The van der Waals surface area contributed by atoms with Gasteiger partial charge in [-0.2, -0.15) is 0 Å². The Kier molecular flexibility index (Phi) is 5.55. The van der Waals surface area contributed by atoms with E-state index >= 15 is 0 Å². The number of quaternary nitrogens is 1. The van der Waals surface area contributed by atoms with E-state index in [0.29, 0.717) is 34.4 Å². The first kappa shape index (κ1) is 19.7. The molecule has 152 valence electrons. The molecule has 0 amide bonds. The van der Waals surface area contributed by atoms with Crippen molar-refractivity contribution in [3.8, 4) is 22.6 Å². The minimum absolute atomic E-state index is 0.116. The minimum Gasteiger partial charge on any atom is -0.872 e. The summed E-state index contributed by atoms with van der Waals surface area (Å²) in [5.74, 6) is 0.599. The Hall–Kier alpha value is -3.57. The summed E-state index contributed by atoms with van der Waals surface area (Å²) in [6.07, 6.45) is 1.45. The third-order valence-corrected chi connectivity index (χ3v) is 5.23. The van der Waals surface area contributed by atoms with Crippen LogP contribution in [0.1, 0.15) is 11.1 Å². The summed E-state index contributed by atoms with van der Waals surface area (Å²) in [6.45, 7) is 1.24. The lowest BCUT2D eigenvalue weighted by molar-refractivity contribution is -0.907. The van der Waals surface area contributed by atoms with Crippen molar-refractivity contribution >= 4 is 11.0 Å². The molecule has 0 aliphatic carbocycles. The molecule has 0 spiro atoms. The van der Waals surface area contributed by atoms with Crippen molar-refractivity contribution < 1.29 is 19.2 Å². The second kappa shape index (κ2) is 8.43.